The molecule has 3 heterocycles. The number of pyridine rings is 1. The zero-order valence-corrected chi connectivity index (χ0v) is 18.6. The summed E-state index contributed by atoms with van der Waals surface area (Å²) in [5.74, 6) is -0.438. The summed E-state index contributed by atoms with van der Waals surface area (Å²) >= 11 is 4.76. The largest absolute Gasteiger partial charge is 0.356 e. The van der Waals surface area contributed by atoms with Gasteiger partial charge in [-0.15, -0.1) is 11.8 Å². The summed E-state index contributed by atoms with van der Waals surface area (Å²) in [6.07, 6.45) is 7.11. The van der Waals surface area contributed by atoms with Gasteiger partial charge < -0.3 is 9.55 Å². The number of rotatable bonds is 5. The van der Waals surface area contributed by atoms with Gasteiger partial charge in [0.1, 0.15) is 10.5 Å². The maximum Gasteiger partial charge on any atom is 0.269 e. The molecule has 0 fully saturated rings. The highest BCUT2D eigenvalue weighted by molar-refractivity contribution is 9.10. The lowest BCUT2D eigenvalue weighted by Crippen LogP contribution is -2.23. The third kappa shape index (κ3) is 3.40. The number of nitrogens with zero attached hydrogens (tertiary/aromatic N) is 4. The van der Waals surface area contributed by atoms with Gasteiger partial charge in [0.2, 0.25) is 0 Å². The molecular weight excluding hydrogens is 469 g/mol. The second kappa shape index (κ2) is 8.20. The van der Waals surface area contributed by atoms with Gasteiger partial charge in [-0.05, 0) is 53.2 Å². The summed E-state index contributed by atoms with van der Waals surface area (Å²) in [6.45, 7) is 1.91. The predicted molar refractivity (Wildman–Crippen MR) is 119 cm³/mol. The summed E-state index contributed by atoms with van der Waals surface area (Å²) < 4.78 is 17.1. The minimum Gasteiger partial charge on any atom is -0.356 e. The normalized spacial score (nSPS) is 12.4. The maximum atomic E-state index is 15.1. The van der Waals surface area contributed by atoms with E-state index in [9.17, 15) is 4.79 Å². The highest BCUT2D eigenvalue weighted by Crippen LogP contribution is 2.37. The van der Waals surface area contributed by atoms with Crippen molar-refractivity contribution in [3.05, 3.63) is 62.6 Å². The van der Waals surface area contributed by atoms with Crippen LogP contribution < -0.4 is 5.56 Å². The maximum absolute atomic E-state index is 15.1. The van der Waals surface area contributed by atoms with Crippen LogP contribution in [0.25, 0.3) is 21.8 Å². The van der Waals surface area contributed by atoms with Crippen LogP contribution in [0.5, 0.6) is 0 Å². The number of nitriles is 1. The van der Waals surface area contributed by atoms with Gasteiger partial charge in [0.25, 0.3) is 5.56 Å². The van der Waals surface area contributed by atoms with Gasteiger partial charge in [-0.25, -0.2) is 9.37 Å². The average molecular weight is 486 g/mol. The Bertz CT molecular complexity index is 1370. The highest BCUT2D eigenvalue weighted by atomic mass is 79.9. The Balaban J connectivity index is 1.98. The lowest BCUT2D eigenvalue weighted by Gasteiger charge is -2.12. The van der Waals surface area contributed by atoms with Gasteiger partial charge in [-0.1, -0.05) is 0 Å². The minimum absolute atomic E-state index is 0.203. The van der Waals surface area contributed by atoms with Crippen LogP contribution in [0.4, 0.5) is 4.39 Å². The van der Waals surface area contributed by atoms with Crippen LogP contribution in [0.1, 0.15) is 30.6 Å². The summed E-state index contributed by atoms with van der Waals surface area (Å²) in [6, 6.07) is 5.67. The van der Waals surface area contributed by atoms with Crippen LogP contribution >= 0.6 is 27.7 Å². The Kier molecular flexibility index (Phi) is 5.62. The van der Waals surface area contributed by atoms with Crippen molar-refractivity contribution in [3.8, 4) is 6.07 Å². The Morgan fingerprint density at radius 1 is 1.40 bits per heavy atom. The molecule has 0 saturated carbocycles. The molecular formula is C21H17BrFN5OS. The number of hydrogen-bond acceptors (Lipinski definition) is 5. The van der Waals surface area contributed by atoms with E-state index in [1.54, 1.807) is 17.0 Å². The van der Waals surface area contributed by atoms with Gasteiger partial charge in [-0.2, -0.15) is 5.26 Å². The molecule has 6 nitrogen and oxygen atoms in total. The van der Waals surface area contributed by atoms with Gasteiger partial charge in [0.15, 0.2) is 5.82 Å². The molecule has 1 atom stereocenters. The monoisotopic (exact) mass is 485 g/mol. The van der Waals surface area contributed by atoms with E-state index in [0.29, 0.717) is 27.7 Å². The molecule has 0 spiro atoms. The van der Waals surface area contributed by atoms with Crippen molar-refractivity contribution in [3.63, 3.8) is 0 Å². The number of nitrogens with one attached hydrogen (secondary N) is 1. The van der Waals surface area contributed by atoms with Crippen LogP contribution in [-0.4, -0.2) is 25.8 Å². The van der Waals surface area contributed by atoms with Crippen molar-refractivity contribution in [2.24, 2.45) is 0 Å². The number of fused-ring (bicyclic) bond motifs is 3. The third-order valence-corrected chi connectivity index (χ3v) is 6.68. The first-order chi connectivity index (χ1) is 14.5. The molecule has 0 bridgehead atoms. The molecule has 0 amide bonds. The van der Waals surface area contributed by atoms with E-state index in [2.05, 4.69) is 37.0 Å². The van der Waals surface area contributed by atoms with E-state index in [1.165, 1.54) is 18.0 Å². The number of halogens is 2. The van der Waals surface area contributed by atoms with E-state index in [-0.39, 0.29) is 17.1 Å². The fraction of sp³-hybridized carbons (Fsp3) is 0.238. The molecule has 0 aliphatic heterocycles. The molecule has 0 aliphatic carbocycles. The number of aryl methyl sites for hydroxylation is 1. The first kappa shape index (κ1) is 20.6. The molecule has 9 heteroatoms. The van der Waals surface area contributed by atoms with E-state index < -0.39 is 5.82 Å². The van der Waals surface area contributed by atoms with Crippen LogP contribution in [0.3, 0.4) is 0 Å². The topological polar surface area (TPSA) is 87.4 Å². The summed E-state index contributed by atoms with van der Waals surface area (Å²) in [5.41, 5.74) is 2.35. The predicted octanol–water partition coefficient (Wildman–Crippen LogP) is 4.96. The van der Waals surface area contributed by atoms with Crippen molar-refractivity contribution in [1.82, 2.24) is 19.5 Å². The van der Waals surface area contributed by atoms with Crippen molar-refractivity contribution >= 4 is 49.5 Å². The molecule has 1 N–H and O–H groups in total. The lowest BCUT2D eigenvalue weighted by molar-refractivity contribution is 0.598. The van der Waals surface area contributed by atoms with Crippen molar-refractivity contribution in [1.29, 1.82) is 5.26 Å². The number of hydrogen-bond donors (Lipinski definition) is 1. The van der Waals surface area contributed by atoms with E-state index in [4.69, 9.17) is 5.26 Å². The molecule has 30 heavy (non-hydrogen) atoms. The molecule has 0 radical (unpaired) electrons. The summed E-state index contributed by atoms with van der Waals surface area (Å²) in [5, 5.41) is 11.1. The summed E-state index contributed by atoms with van der Waals surface area (Å²) in [4.78, 5) is 24.0. The fourth-order valence-corrected chi connectivity index (χ4v) is 4.63. The van der Waals surface area contributed by atoms with Crippen LogP contribution in [0, 0.1) is 17.1 Å². The SMILES string of the molecule is CSc1nc2c(F)c(Br)c(CCC#N)cc2c2[nH]c(C(C)n3ccncc3=O)cc12. The highest BCUT2D eigenvalue weighted by Gasteiger charge is 2.20. The first-order valence-corrected chi connectivity index (χ1v) is 11.2. The van der Waals surface area contributed by atoms with Crippen molar-refractivity contribution < 1.29 is 4.39 Å². The summed E-state index contributed by atoms with van der Waals surface area (Å²) in [7, 11) is 0. The standard InChI is InChI=1S/C21H17BrFN5OS/c1-11(28-7-6-25-10-16(28)29)15-9-14-19(26-15)13-8-12(4-3-5-24)17(22)18(23)20(13)27-21(14)30-2/h6-11,26H,3-4H2,1-2H3. The molecule has 4 rings (SSSR count). The first-order valence-electron chi connectivity index (χ1n) is 9.22. The molecule has 4 aromatic rings. The Hall–Kier alpha value is -2.70. The average Bonchev–Trinajstić information content (AvgIpc) is 3.20. The molecule has 1 unspecified atom stereocenters. The van der Waals surface area contributed by atoms with E-state index in [0.717, 1.165) is 22.2 Å². The van der Waals surface area contributed by atoms with Crippen LogP contribution in [-0.2, 0) is 6.42 Å². The third-order valence-electron chi connectivity index (χ3n) is 5.13. The smallest absolute Gasteiger partial charge is 0.269 e. The van der Waals surface area contributed by atoms with Gasteiger partial charge in [-0.3, -0.25) is 9.78 Å². The van der Waals surface area contributed by atoms with Crippen LogP contribution in [0.2, 0.25) is 0 Å². The Labute approximate surface area is 184 Å². The number of aromatic amines is 1. The van der Waals surface area contributed by atoms with Gasteiger partial charge in [0.05, 0.1) is 28.3 Å². The second-order valence-electron chi connectivity index (χ2n) is 6.85. The van der Waals surface area contributed by atoms with E-state index in [1.807, 2.05) is 25.3 Å². The molecule has 3 aromatic heterocycles. The zero-order valence-electron chi connectivity index (χ0n) is 16.2. The number of H-pyrrole nitrogens is 1. The zero-order chi connectivity index (χ0) is 21.4. The lowest BCUT2D eigenvalue weighted by atomic mass is 10.0. The van der Waals surface area contributed by atoms with Gasteiger partial charge in [0, 0.05) is 35.3 Å². The minimum atomic E-state index is -0.438. The Morgan fingerprint density at radius 2 is 2.20 bits per heavy atom. The van der Waals surface area contributed by atoms with Crippen LogP contribution in [0.15, 0.2) is 45.0 Å². The number of aromatic nitrogens is 4. The number of benzene rings is 1. The number of thioether (sulfide) groups is 1. The second-order valence-corrected chi connectivity index (χ2v) is 8.44. The van der Waals surface area contributed by atoms with E-state index >= 15 is 4.39 Å². The van der Waals surface area contributed by atoms with Crippen molar-refractivity contribution in [2.75, 3.05) is 6.26 Å². The molecule has 152 valence electrons. The molecule has 0 aliphatic rings. The molecule has 0 saturated heterocycles. The Morgan fingerprint density at radius 3 is 2.90 bits per heavy atom. The molecule has 1 aromatic carbocycles. The fourth-order valence-electron chi connectivity index (χ4n) is 3.57. The quantitative estimate of drug-likeness (QED) is 0.403. The van der Waals surface area contributed by atoms with Gasteiger partial charge >= 0.3 is 0 Å². The van der Waals surface area contributed by atoms with Crippen molar-refractivity contribution in [2.45, 2.75) is 30.8 Å².